The number of amides is 2. The third-order valence-electron chi connectivity index (χ3n) is 6.10. The first-order valence-corrected chi connectivity index (χ1v) is 11.5. The zero-order valence-electron chi connectivity index (χ0n) is 19.8. The Kier molecular flexibility index (Phi) is 8.65. The fraction of sp³-hybridized carbons (Fsp3) is 0.423. The van der Waals surface area contributed by atoms with Gasteiger partial charge in [0.2, 0.25) is 5.91 Å². The van der Waals surface area contributed by atoms with Crippen LogP contribution in [0.5, 0.6) is 0 Å². The molecule has 0 heterocycles. The second kappa shape index (κ2) is 11.7. The molecule has 0 bridgehead atoms. The van der Waals surface area contributed by atoms with Crippen LogP contribution < -0.4 is 5.32 Å². The third-order valence-corrected chi connectivity index (χ3v) is 6.10. The summed E-state index contributed by atoms with van der Waals surface area (Å²) in [5, 5.41) is 12.5. The quantitative estimate of drug-likeness (QED) is 0.479. The van der Waals surface area contributed by atoms with Crippen LogP contribution in [0.2, 0.25) is 0 Å². The Bertz CT molecular complexity index is 978. The van der Waals surface area contributed by atoms with E-state index in [1.54, 1.807) is 6.92 Å². The van der Waals surface area contributed by atoms with E-state index in [1.165, 1.54) is 29.3 Å². The van der Waals surface area contributed by atoms with E-state index in [1.807, 2.05) is 31.2 Å². The number of hydroxylamine groups is 2. The summed E-state index contributed by atoms with van der Waals surface area (Å²) < 4.78 is 5.58. The van der Waals surface area contributed by atoms with Crippen molar-refractivity contribution in [3.05, 3.63) is 59.7 Å². The third kappa shape index (κ3) is 6.35. The van der Waals surface area contributed by atoms with Gasteiger partial charge in [-0.05, 0) is 42.0 Å². The fourth-order valence-corrected chi connectivity index (χ4v) is 4.29. The maximum Gasteiger partial charge on any atom is 0.407 e. The lowest BCUT2D eigenvalue weighted by molar-refractivity contribution is -0.189. The molecule has 0 saturated carbocycles. The van der Waals surface area contributed by atoms with Crippen molar-refractivity contribution in [2.45, 2.75) is 45.1 Å². The van der Waals surface area contributed by atoms with Gasteiger partial charge in [0.1, 0.15) is 6.61 Å². The largest absolute Gasteiger partial charge is 0.479 e. The molecule has 2 aromatic carbocycles. The van der Waals surface area contributed by atoms with Gasteiger partial charge in [0.15, 0.2) is 6.61 Å². The van der Waals surface area contributed by atoms with Crippen LogP contribution in [0.25, 0.3) is 11.1 Å². The Morgan fingerprint density at radius 3 is 2.18 bits per heavy atom. The van der Waals surface area contributed by atoms with Crippen molar-refractivity contribution in [2.24, 2.45) is 5.92 Å². The van der Waals surface area contributed by atoms with Crippen molar-refractivity contribution in [3.8, 4) is 11.1 Å². The van der Waals surface area contributed by atoms with E-state index in [9.17, 15) is 14.4 Å². The molecule has 3 rings (SSSR count). The first kappa shape index (κ1) is 25.2. The average molecular weight is 469 g/mol. The number of hydrogen-bond acceptors (Lipinski definition) is 5. The Morgan fingerprint density at radius 2 is 1.59 bits per heavy atom. The Balaban J connectivity index is 1.41. The normalized spacial score (nSPS) is 14.0. The molecule has 0 aromatic heterocycles. The van der Waals surface area contributed by atoms with Gasteiger partial charge in [0, 0.05) is 24.9 Å². The van der Waals surface area contributed by atoms with Crippen molar-refractivity contribution in [1.82, 2.24) is 10.4 Å². The Morgan fingerprint density at radius 1 is 1.00 bits per heavy atom. The minimum Gasteiger partial charge on any atom is -0.479 e. The van der Waals surface area contributed by atoms with Gasteiger partial charge in [-0.3, -0.25) is 9.63 Å². The summed E-state index contributed by atoms with van der Waals surface area (Å²) in [7, 11) is 1.41. The molecule has 2 amide bonds. The summed E-state index contributed by atoms with van der Waals surface area (Å²) in [4.78, 5) is 40.1. The van der Waals surface area contributed by atoms with Crippen LogP contribution in [0.4, 0.5) is 4.79 Å². The summed E-state index contributed by atoms with van der Waals surface area (Å²) in [6.07, 6.45) is 1.53. The first-order chi connectivity index (χ1) is 16.3. The molecule has 1 aliphatic rings. The lowest BCUT2D eigenvalue weighted by Crippen LogP contribution is -2.35. The van der Waals surface area contributed by atoms with Gasteiger partial charge < -0.3 is 15.2 Å². The van der Waals surface area contributed by atoms with Gasteiger partial charge in [-0.25, -0.2) is 14.7 Å². The van der Waals surface area contributed by atoms with Crippen LogP contribution in [0.15, 0.2) is 48.5 Å². The predicted octanol–water partition coefficient (Wildman–Crippen LogP) is 4.19. The van der Waals surface area contributed by atoms with Crippen molar-refractivity contribution in [3.63, 3.8) is 0 Å². The van der Waals surface area contributed by atoms with Crippen LogP contribution in [-0.4, -0.2) is 54.4 Å². The number of carbonyl (C=O) groups excluding carboxylic acids is 2. The maximum absolute atomic E-state index is 12.4. The highest BCUT2D eigenvalue weighted by Crippen LogP contribution is 2.44. The molecule has 0 saturated heterocycles. The van der Waals surface area contributed by atoms with Gasteiger partial charge in [-0.15, -0.1) is 0 Å². The molecule has 2 aromatic rings. The lowest BCUT2D eigenvalue weighted by Gasteiger charge is -2.20. The zero-order valence-corrected chi connectivity index (χ0v) is 19.8. The smallest absolute Gasteiger partial charge is 0.407 e. The second-order valence-electron chi connectivity index (χ2n) is 8.71. The van der Waals surface area contributed by atoms with Crippen LogP contribution in [-0.2, 0) is 19.2 Å². The maximum atomic E-state index is 12.4. The topological polar surface area (TPSA) is 105 Å². The van der Waals surface area contributed by atoms with Crippen LogP contribution >= 0.6 is 0 Å². The number of fused-ring (bicyclic) bond motifs is 3. The van der Waals surface area contributed by atoms with E-state index in [0.717, 1.165) is 5.06 Å². The number of benzene rings is 2. The number of ether oxygens (including phenoxy) is 1. The Hall–Kier alpha value is -3.39. The highest BCUT2D eigenvalue weighted by molar-refractivity contribution is 5.79. The Labute approximate surface area is 199 Å². The molecule has 2 atom stereocenters. The first-order valence-electron chi connectivity index (χ1n) is 11.5. The van der Waals surface area contributed by atoms with E-state index in [0.29, 0.717) is 19.3 Å². The highest BCUT2D eigenvalue weighted by Gasteiger charge is 2.29. The molecule has 182 valence electrons. The van der Waals surface area contributed by atoms with Crippen LogP contribution in [0.3, 0.4) is 0 Å². The van der Waals surface area contributed by atoms with Crippen molar-refractivity contribution < 1.29 is 29.1 Å². The summed E-state index contributed by atoms with van der Waals surface area (Å²) in [6.45, 7) is 3.37. The van der Waals surface area contributed by atoms with Gasteiger partial charge in [-0.1, -0.05) is 61.9 Å². The molecule has 8 heteroatoms. The number of nitrogens with zero attached hydrogens (tertiary/aromatic N) is 1. The van der Waals surface area contributed by atoms with E-state index >= 15 is 0 Å². The molecule has 8 nitrogen and oxygen atoms in total. The number of carbonyl (C=O) groups is 3. The van der Waals surface area contributed by atoms with Crippen molar-refractivity contribution in [2.75, 3.05) is 20.3 Å². The van der Waals surface area contributed by atoms with Crippen molar-refractivity contribution >= 4 is 18.0 Å². The second-order valence-corrected chi connectivity index (χ2v) is 8.71. The molecule has 0 aliphatic heterocycles. The van der Waals surface area contributed by atoms with E-state index in [-0.39, 0.29) is 30.4 Å². The molecular weight excluding hydrogens is 436 g/mol. The number of nitrogens with one attached hydrogen (secondary N) is 1. The molecule has 0 spiro atoms. The van der Waals surface area contributed by atoms with E-state index in [4.69, 9.17) is 14.7 Å². The van der Waals surface area contributed by atoms with Gasteiger partial charge in [0.05, 0.1) is 0 Å². The van der Waals surface area contributed by atoms with Gasteiger partial charge >= 0.3 is 12.1 Å². The highest BCUT2D eigenvalue weighted by atomic mass is 16.7. The molecule has 0 radical (unpaired) electrons. The lowest BCUT2D eigenvalue weighted by atomic mass is 9.98. The summed E-state index contributed by atoms with van der Waals surface area (Å²) in [5.74, 6) is -1.72. The SMILES string of the molecule is CC(CCCC(C)C(=O)N(C)OCC(=O)O)NC(=O)OCC1c2ccccc2-c2ccccc21. The summed E-state index contributed by atoms with van der Waals surface area (Å²) >= 11 is 0. The minimum absolute atomic E-state index is 0.0145. The number of hydrogen-bond donors (Lipinski definition) is 2. The minimum atomic E-state index is -1.14. The standard InChI is InChI=1S/C26H32N2O6/c1-17(25(31)28(3)34-16-24(29)30)9-8-10-18(2)27-26(32)33-15-23-21-13-6-4-11-19(21)20-12-5-7-14-22(20)23/h4-7,11-14,17-18,23H,8-10,15-16H2,1-3H3,(H,27,32)(H,29,30). The van der Waals surface area contributed by atoms with Crippen LogP contribution in [0, 0.1) is 5.92 Å². The number of carboxylic acid groups (broad SMARTS) is 1. The van der Waals surface area contributed by atoms with Crippen molar-refractivity contribution in [1.29, 1.82) is 0 Å². The summed E-state index contributed by atoms with van der Waals surface area (Å²) in [6, 6.07) is 16.3. The molecule has 2 unspecified atom stereocenters. The van der Waals surface area contributed by atoms with E-state index in [2.05, 4.69) is 29.6 Å². The molecule has 0 fully saturated rings. The number of rotatable bonds is 11. The molecule has 2 N–H and O–H groups in total. The van der Waals surface area contributed by atoms with Gasteiger partial charge in [-0.2, -0.15) is 0 Å². The van der Waals surface area contributed by atoms with E-state index < -0.39 is 18.7 Å². The van der Waals surface area contributed by atoms with Crippen LogP contribution in [0.1, 0.15) is 50.2 Å². The number of alkyl carbamates (subject to hydrolysis) is 1. The average Bonchev–Trinajstić information content (AvgIpc) is 3.14. The molecule has 1 aliphatic carbocycles. The number of aliphatic carboxylic acids is 1. The van der Waals surface area contributed by atoms with Gasteiger partial charge in [0.25, 0.3) is 0 Å². The molecular formula is C26H32N2O6. The summed E-state index contributed by atoms with van der Waals surface area (Å²) in [5.41, 5.74) is 4.70. The predicted molar refractivity (Wildman–Crippen MR) is 127 cm³/mol. The number of carboxylic acids is 1. The fourth-order valence-electron chi connectivity index (χ4n) is 4.29. The monoisotopic (exact) mass is 468 g/mol. The molecule has 34 heavy (non-hydrogen) atoms. The zero-order chi connectivity index (χ0) is 24.7.